The third-order valence-corrected chi connectivity index (χ3v) is 3.80. The standard InChI is InChI=1S/C14H20N4S/c1-11(10-19-3)7-16-14-9-18(17-12(14)2)13-5-4-6-15-8-13/h4-6,8-9,11,16H,7,10H2,1-3H3. The summed E-state index contributed by atoms with van der Waals surface area (Å²) in [7, 11) is 0. The molecule has 2 heterocycles. The van der Waals surface area contributed by atoms with Gasteiger partial charge < -0.3 is 5.32 Å². The van der Waals surface area contributed by atoms with Crippen LogP contribution >= 0.6 is 11.8 Å². The quantitative estimate of drug-likeness (QED) is 0.881. The zero-order valence-electron chi connectivity index (χ0n) is 11.6. The van der Waals surface area contributed by atoms with E-state index in [1.165, 1.54) is 5.75 Å². The van der Waals surface area contributed by atoms with Gasteiger partial charge in [0.05, 0.1) is 29.5 Å². The maximum absolute atomic E-state index is 4.51. The molecule has 0 fully saturated rings. The van der Waals surface area contributed by atoms with Crippen LogP contribution in [0.4, 0.5) is 5.69 Å². The average Bonchev–Trinajstić information content (AvgIpc) is 2.79. The Labute approximate surface area is 118 Å². The summed E-state index contributed by atoms with van der Waals surface area (Å²) in [5.74, 6) is 1.82. The highest BCUT2D eigenvalue weighted by Gasteiger charge is 2.07. The molecule has 4 nitrogen and oxygen atoms in total. The second kappa shape index (κ2) is 6.61. The molecular weight excluding hydrogens is 256 g/mol. The van der Waals surface area contributed by atoms with Crippen LogP contribution in [0.3, 0.4) is 0 Å². The second-order valence-electron chi connectivity index (χ2n) is 4.73. The van der Waals surface area contributed by atoms with Gasteiger partial charge in [-0.05, 0) is 37.0 Å². The van der Waals surface area contributed by atoms with Gasteiger partial charge in [-0.3, -0.25) is 4.98 Å². The van der Waals surface area contributed by atoms with Crippen LogP contribution in [0.15, 0.2) is 30.7 Å². The largest absolute Gasteiger partial charge is 0.382 e. The Morgan fingerprint density at radius 2 is 2.32 bits per heavy atom. The fraction of sp³-hybridized carbons (Fsp3) is 0.429. The molecule has 0 amide bonds. The lowest BCUT2D eigenvalue weighted by molar-refractivity contribution is 0.701. The van der Waals surface area contributed by atoms with E-state index in [9.17, 15) is 0 Å². The Balaban J connectivity index is 2.05. The van der Waals surface area contributed by atoms with Crippen LogP contribution in [0.2, 0.25) is 0 Å². The number of hydrogen-bond acceptors (Lipinski definition) is 4. The van der Waals surface area contributed by atoms with E-state index in [1.54, 1.807) is 6.20 Å². The van der Waals surface area contributed by atoms with Crippen molar-refractivity contribution in [3.05, 3.63) is 36.4 Å². The summed E-state index contributed by atoms with van der Waals surface area (Å²) in [5.41, 5.74) is 3.09. The number of nitrogens with zero attached hydrogens (tertiary/aromatic N) is 3. The molecule has 1 N–H and O–H groups in total. The lowest BCUT2D eigenvalue weighted by Crippen LogP contribution is -2.13. The van der Waals surface area contributed by atoms with Gasteiger partial charge in [-0.25, -0.2) is 4.68 Å². The van der Waals surface area contributed by atoms with E-state index in [0.717, 1.165) is 23.6 Å². The number of rotatable bonds is 6. The second-order valence-corrected chi connectivity index (χ2v) is 5.64. The van der Waals surface area contributed by atoms with Crippen molar-refractivity contribution in [3.8, 4) is 5.69 Å². The third kappa shape index (κ3) is 3.73. The van der Waals surface area contributed by atoms with E-state index >= 15 is 0 Å². The first kappa shape index (κ1) is 13.9. The molecule has 102 valence electrons. The molecule has 0 aliphatic rings. The van der Waals surface area contributed by atoms with Crippen molar-refractivity contribution in [2.45, 2.75) is 13.8 Å². The molecule has 5 heteroatoms. The zero-order chi connectivity index (χ0) is 13.7. The first-order valence-electron chi connectivity index (χ1n) is 6.40. The topological polar surface area (TPSA) is 42.7 Å². The van der Waals surface area contributed by atoms with Gasteiger partial charge in [0.15, 0.2) is 0 Å². The SMILES string of the molecule is CSCC(C)CNc1cn(-c2cccnc2)nc1C. The number of thioether (sulfide) groups is 1. The van der Waals surface area contributed by atoms with Gasteiger partial charge >= 0.3 is 0 Å². The minimum atomic E-state index is 0.649. The van der Waals surface area contributed by atoms with Gasteiger partial charge in [-0.15, -0.1) is 0 Å². The molecule has 0 bridgehead atoms. The highest BCUT2D eigenvalue weighted by molar-refractivity contribution is 7.98. The minimum absolute atomic E-state index is 0.649. The van der Waals surface area contributed by atoms with Crippen LogP contribution in [0, 0.1) is 12.8 Å². The van der Waals surface area contributed by atoms with Gasteiger partial charge in [0.25, 0.3) is 0 Å². The van der Waals surface area contributed by atoms with Gasteiger partial charge in [0, 0.05) is 12.7 Å². The van der Waals surface area contributed by atoms with E-state index in [2.05, 4.69) is 28.6 Å². The number of aromatic nitrogens is 3. The number of aryl methyl sites for hydroxylation is 1. The summed E-state index contributed by atoms with van der Waals surface area (Å²) in [4.78, 5) is 4.11. The number of anilines is 1. The number of hydrogen-bond donors (Lipinski definition) is 1. The number of pyridine rings is 1. The summed E-state index contributed by atoms with van der Waals surface area (Å²) in [6, 6.07) is 3.92. The highest BCUT2D eigenvalue weighted by Crippen LogP contribution is 2.16. The van der Waals surface area contributed by atoms with Crippen LogP contribution in [0.25, 0.3) is 5.69 Å². The molecule has 0 radical (unpaired) electrons. The maximum Gasteiger partial charge on any atom is 0.0829 e. The number of nitrogens with one attached hydrogen (secondary N) is 1. The molecule has 1 atom stereocenters. The molecule has 2 aromatic rings. The van der Waals surface area contributed by atoms with Crippen molar-refractivity contribution >= 4 is 17.4 Å². The Kier molecular flexibility index (Phi) is 4.85. The third-order valence-electron chi connectivity index (χ3n) is 2.90. The summed E-state index contributed by atoms with van der Waals surface area (Å²) in [6.45, 7) is 5.25. The smallest absolute Gasteiger partial charge is 0.0829 e. The zero-order valence-corrected chi connectivity index (χ0v) is 12.4. The van der Waals surface area contributed by atoms with Gasteiger partial charge in [-0.1, -0.05) is 6.92 Å². The van der Waals surface area contributed by atoms with E-state index in [-0.39, 0.29) is 0 Å². The molecule has 0 saturated heterocycles. The molecular formula is C14H20N4S. The predicted molar refractivity (Wildman–Crippen MR) is 82.1 cm³/mol. The minimum Gasteiger partial charge on any atom is -0.382 e. The van der Waals surface area contributed by atoms with Crippen molar-refractivity contribution in [3.63, 3.8) is 0 Å². The van der Waals surface area contributed by atoms with Crippen LogP contribution < -0.4 is 5.32 Å². The van der Waals surface area contributed by atoms with Crippen molar-refractivity contribution < 1.29 is 0 Å². The lowest BCUT2D eigenvalue weighted by Gasteiger charge is -2.11. The van der Waals surface area contributed by atoms with E-state index in [4.69, 9.17) is 0 Å². The van der Waals surface area contributed by atoms with Crippen LogP contribution in [-0.4, -0.2) is 33.3 Å². The fourth-order valence-corrected chi connectivity index (χ4v) is 2.57. The monoisotopic (exact) mass is 276 g/mol. The van der Waals surface area contributed by atoms with Crippen molar-refractivity contribution in [1.82, 2.24) is 14.8 Å². The molecule has 0 saturated carbocycles. The van der Waals surface area contributed by atoms with Gasteiger partial charge in [-0.2, -0.15) is 16.9 Å². The average molecular weight is 276 g/mol. The van der Waals surface area contributed by atoms with Crippen molar-refractivity contribution in [1.29, 1.82) is 0 Å². The molecule has 2 aromatic heterocycles. The predicted octanol–water partition coefficient (Wildman–Crippen LogP) is 2.99. The summed E-state index contributed by atoms with van der Waals surface area (Å²) >= 11 is 1.88. The first-order valence-corrected chi connectivity index (χ1v) is 7.79. The van der Waals surface area contributed by atoms with Crippen molar-refractivity contribution in [2.75, 3.05) is 23.9 Å². The summed E-state index contributed by atoms with van der Waals surface area (Å²) in [5, 5.41) is 7.98. The van der Waals surface area contributed by atoms with Crippen molar-refractivity contribution in [2.24, 2.45) is 5.92 Å². The molecule has 0 aliphatic heterocycles. The molecule has 19 heavy (non-hydrogen) atoms. The normalized spacial score (nSPS) is 12.4. The summed E-state index contributed by atoms with van der Waals surface area (Å²) < 4.78 is 1.86. The Bertz CT molecular complexity index is 509. The fourth-order valence-electron chi connectivity index (χ4n) is 1.88. The van der Waals surface area contributed by atoms with Gasteiger partial charge in [0.2, 0.25) is 0 Å². The molecule has 0 spiro atoms. The van der Waals surface area contributed by atoms with E-state index < -0.39 is 0 Å². The van der Waals surface area contributed by atoms with Crippen LogP contribution in [-0.2, 0) is 0 Å². The van der Waals surface area contributed by atoms with E-state index in [0.29, 0.717) is 5.92 Å². The summed E-state index contributed by atoms with van der Waals surface area (Å²) in [6.07, 6.45) is 7.75. The Morgan fingerprint density at radius 3 is 3.00 bits per heavy atom. The highest BCUT2D eigenvalue weighted by atomic mass is 32.2. The first-order chi connectivity index (χ1) is 9.20. The molecule has 1 unspecified atom stereocenters. The van der Waals surface area contributed by atoms with Gasteiger partial charge in [0.1, 0.15) is 0 Å². The molecule has 0 aromatic carbocycles. The Morgan fingerprint density at radius 1 is 1.47 bits per heavy atom. The lowest BCUT2D eigenvalue weighted by atomic mass is 10.2. The van der Waals surface area contributed by atoms with Crippen LogP contribution in [0.1, 0.15) is 12.6 Å². The molecule has 0 aliphatic carbocycles. The molecule has 2 rings (SSSR count). The Hall–Kier alpha value is -1.49. The maximum atomic E-state index is 4.51. The van der Waals surface area contributed by atoms with Crippen LogP contribution in [0.5, 0.6) is 0 Å². The van der Waals surface area contributed by atoms with E-state index in [1.807, 2.05) is 47.9 Å².